The number of hydrogen-bond acceptors (Lipinski definition) is 6. The minimum Gasteiger partial charge on any atom is -0.465 e. The molecular weight excluding hydrogens is 400 g/mol. The Bertz CT molecular complexity index is 1040. The van der Waals surface area contributed by atoms with E-state index >= 15 is 0 Å². The second kappa shape index (κ2) is 7.21. The first-order chi connectivity index (χ1) is 13.4. The van der Waals surface area contributed by atoms with Gasteiger partial charge in [0.25, 0.3) is 10.0 Å². The molecule has 2 heterocycles. The highest BCUT2D eigenvalue weighted by Crippen LogP contribution is 2.33. The standard InChI is InChI=1S/C19H20N2O5S2/c1-26-19(23)17-16(7-9-27-17)28(24,25)20-15-5-4-12-6-8-21(11-14(12)10-15)18(22)13-2-3-13/h4-5,7,9-10,13,20H,2-3,6,8,11H2,1H3. The third kappa shape index (κ3) is 3.64. The predicted molar refractivity (Wildman–Crippen MR) is 105 cm³/mol. The number of ether oxygens (including phenoxy) is 1. The van der Waals surface area contributed by atoms with Crippen molar-refractivity contribution in [3.8, 4) is 0 Å². The maximum absolute atomic E-state index is 12.8. The number of sulfonamides is 1. The quantitative estimate of drug-likeness (QED) is 0.751. The molecule has 4 rings (SSSR count). The molecule has 0 bridgehead atoms. The Morgan fingerprint density at radius 1 is 1.21 bits per heavy atom. The Balaban J connectivity index is 1.56. The zero-order chi connectivity index (χ0) is 19.9. The van der Waals surface area contributed by atoms with Gasteiger partial charge < -0.3 is 9.64 Å². The molecule has 1 aromatic carbocycles. The highest BCUT2D eigenvalue weighted by Gasteiger charge is 2.34. The number of carbonyl (C=O) groups excluding carboxylic acids is 2. The van der Waals surface area contributed by atoms with Crippen LogP contribution in [-0.2, 0) is 32.5 Å². The number of hydrogen-bond donors (Lipinski definition) is 1. The summed E-state index contributed by atoms with van der Waals surface area (Å²) in [5, 5.41) is 1.54. The van der Waals surface area contributed by atoms with Gasteiger partial charge in [0.15, 0.2) is 0 Å². The van der Waals surface area contributed by atoms with Crippen molar-refractivity contribution in [3.63, 3.8) is 0 Å². The van der Waals surface area contributed by atoms with E-state index in [-0.39, 0.29) is 21.6 Å². The minimum atomic E-state index is -3.94. The number of rotatable bonds is 5. The van der Waals surface area contributed by atoms with Crippen LogP contribution in [0.1, 0.15) is 33.6 Å². The molecule has 0 atom stereocenters. The van der Waals surface area contributed by atoms with E-state index in [1.54, 1.807) is 12.1 Å². The summed E-state index contributed by atoms with van der Waals surface area (Å²) in [5.41, 5.74) is 2.47. The molecule has 28 heavy (non-hydrogen) atoms. The van der Waals surface area contributed by atoms with Crippen LogP contribution in [-0.4, -0.2) is 38.8 Å². The van der Waals surface area contributed by atoms with Gasteiger partial charge in [-0.3, -0.25) is 9.52 Å². The lowest BCUT2D eigenvalue weighted by molar-refractivity contribution is -0.133. The highest BCUT2D eigenvalue weighted by molar-refractivity contribution is 7.93. The number of esters is 1. The molecule has 148 valence electrons. The molecule has 1 aliphatic heterocycles. The van der Waals surface area contributed by atoms with E-state index in [2.05, 4.69) is 9.46 Å². The molecule has 0 spiro atoms. The summed E-state index contributed by atoms with van der Waals surface area (Å²) in [4.78, 5) is 25.9. The highest BCUT2D eigenvalue weighted by atomic mass is 32.2. The van der Waals surface area contributed by atoms with Gasteiger partial charge in [-0.2, -0.15) is 0 Å². The predicted octanol–water partition coefficient (Wildman–Crippen LogP) is 2.63. The van der Waals surface area contributed by atoms with Gasteiger partial charge in [-0.05, 0) is 54.0 Å². The fourth-order valence-corrected chi connectivity index (χ4v) is 5.74. The summed E-state index contributed by atoms with van der Waals surface area (Å²) in [6.45, 7) is 1.19. The Hall–Kier alpha value is -2.39. The van der Waals surface area contributed by atoms with E-state index in [0.717, 1.165) is 41.7 Å². The van der Waals surface area contributed by atoms with Gasteiger partial charge in [0.1, 0.15) is 9.77 Å². The zero-order valence-corrected chi connectivity index (χ0v) is 16.9. The van der Waals surface area contributed by atoms with Gasteiger partial charge in [0.05, 0.1) is 7.11 Å². The number of methoxy groups -OCH3 is 1. The number of anilines is 1. The van der Waals surface area contributed by atoms with Gasteiger partial charge in [-0.1, -0.05) is 6.07 Å². The van der Waals surface area contributed by atoms with Gasteiger partial charge in [0, 0.05) is 24.7 Å². The normalized spacial score (nSPS) is 16.4. The molecule has 1 aromatic heterocycles. The van der Waals surface area contributed by atoms with Crippen molar-refractivity contribution < 1.29 is 22.7 Å². The maximum Gasteiger partial charge on any atom is 0.349 e. The van der Waals surface area contributed by atoms with Crippen molar-refractivity contribution in [2.75, 3.05) is 18.4 Å². The summed E-state index contributed by atoms with van der Waals surface area (Å²) < 4.78 is 32.7. The van der Waals surface area contributed by atoms with E-state index < -0.39 is 16.0 Å². The maximum atomic E-state index is 12.8. The van der Waals surface area contributed by atoms with Crippen LogP contribution in [0.2, 0.25) is 0 Å². The lowest BCUT2D eigenvalue weighted by Gasteiger charge is -2.29. The minimum absolute atomic E-state index is 0.0363. The molecule has 0 unspecified atom stereocenters. The SMILES string of the molecule is COC(=O)c1sccc1S(=O)(=O)Nc1ccc2c(c1)CN(C(=O)C1CC1)CC2. The van der Waals surface area contributed by atoms with Gasteiger partial charge in [-0.15, -0.1) is 11.3 Å². The van der Waals surface area contributed by atoms with E-state index in [9.17, 15) is 18.0 Å². The average Bonchev–Trinajstić information content (AvgIpc) is 3.41. The van der Waals surface area contributed by atoms with Crippen molar-refractivity contribution in [3.05, 3.63) is 45.6 Å². The number of nitrogens with zero attached hydrogens (tertiary/aromatic N) is 1. The van der Waals surface area contributed by atoms with Crippen LogP contribution in [0.5, 0.6) is 0 Å². The van der Waals surface area contributed by atoms with Crippen LogP contribution in [0.25, 0.3) is 0 Å². The van der Waals surface area contributed by atoms with Crippen LogP contribution in [0.4, 0.5) is 5.69 Å². The van der Waals surface area contributed by atoms with E-state index in [1.807, 2.05) is 11.0 Å². The van der Waals surface area contributed by atoms with Gasteiger partial charge >= 0.3 is 5.97 Å². The first kappa shape index (κ1) is 18.9. The lowest BCUT2D eigenvalue weighted by Crippen LogP contribution is -2.36. The van der Waals surface area contributed by atoms with Crippen LogP contribution in [0, 0.1) is 5.92 Å². The summed E-state index contributed by atoms with van der Waals surface area (Å²) >= 11 is 1.02. The molecule has 2 aromatic rings. The molecule has 0 radical (unpaired) electrons. The summed E-state index contributed by atoms with van der Waals surface area (Å²) in [6, 6.07) is 6.75. The molecule has 0 saturated heterocycles. The van der Waals surface area contributed by atoms with Crippen LogP contribution in [0.3, 0.4) is 0 Å². The third-order valence-electron chi connectivity index (χ3n) is 5.00. The Morgan fingerprint density at radius 2 is 2.00 bits per heavy atom. The Morgan fingerprint density at radius 3 is 2.71 bits per heavy atom. The number of carbonyl (C=O) groups is 2. The lowest BCUT2D eigenvalue weighted by atomic mass is 9.99. The third-order valence-corrected chi connectivity index (χ3v) is 7.45. The fourth-order valence-electron chi connectivity index (χ4n) is 3.36. The average molecular weight is 421 g/mol. The molecule has 1 N–H and O–H groups in total. The number of nitrogens with one attached hydrogen (secondary N) is 1. The smallest absolute Gasteiger partial charge is 0.349 e. The fraction of sp³-hybridized carbons (Fsp3) is 0.368. The number of fused-ring (bicyclic) bond motifs is 1. The number of benzene rings is 1. The van der Waals surface area contributed by atoms with Crippen molar-refractivity contribution in [2.24, 2.45) is 5.92 Å². The second-order valence-electron chi connectivity index (χ2n) is 6.98. The molecule has 1 aliphatic carbocycles. The summed E-state index contributed by atoms with van der Waals surface area (Å²) in [5.74, 6) is -0.328. The van der Waals surface area contributed by atoms with Crippen molar-refractivity contribution in [1.82, 2.24) is 4.90 Å². The van der Waals surface area contributed by atoms with Crippen molar-refractivity contribution in [2.45, 2.75) is 30.7 Å². The van der Waals surface area contributed by atoms with Crippen LogP contribution in [0.15, 0.2) is 34.5 Å². The summed E-state index contributed by atoms with van der Waals surface area (Å²) in [6.07, 6.45) is 2.69. The second-order valence-corrected chi connectivity index (χ2v) is 9.55. The molecule has 2 aliphatic rings. The first-order valence-electron chi connectivity index (χ1n) is 8.98. The Kier molecular flexibility index (Phi) is 4.88. The number of thiophene rings is 1. The van der Waals surface area contributed by atoms with E-state index in [0.29, 0.717) is 18.8 Å². The molecule has 7 nitrogen and oxygen atoms in total. The molecule has 9 heteroatoms. The largest absolute Gasteiger partial charge is 0.465 e. The van der Waals surface area contributed by atoms with Crippen molar-refractivity contribution in [1.29, 1.82) is 0 Å². The van der Waals surface area contributed by atoms with E-state index in [1.165, 1.54) is 18.6 Å². The Labute approximate surface area is 167 Å². The first-order valence-corrected chi connectivity index (χ1v) is 11.3. The number of amides is 1. The van der Waals surface area contributed by atoms with Crippen molar-refractivity contribution >= 4 is 38.9 Å². The van der Waals surface area contributed by atoms with E-state index in [4.69, 9.17) is 0 Å². The molecular formula is C19H20N2O5S2. The van der Waals surface area contributed by atoms with Crippen LogP contribution < -0.4 is 4.72 Å². The molecule has 1 amide bonds. The van der Waals surface area contributed by atoms with Gasteiger partial charge in [-0.25, -0.2) is 13.2 Å². The molecule has 1 saturated carbocycles. The summed E-state index contributed by atoms with van der Waals surface area (Å²) in [7, 11) is -2.72. The monoisotopic (exact) mass is 420 g/mol. The zero-order valence-electron chi connectivity index (χ0n) is 15.3. The van der Waals surface area contributed by atoms with Gasteiger partial charge in [0.2, 0.25) is 5.91 Å². The molecule has 1 fully saturated rings. The van der Waals surface area contributed by atoms with Crippen LogP contribution >= 0.6 is 11.3 Å². The topological polar surface area (TPSA) is 92.8 Å².